The average molecular weight is 432 g/mol. The van der Waals surface area contributed by atoms with Gasteiger partial charge in [-0.15, -0.1) is 23.7 Å². The van der Waals surface area contributed by atoms with Gasteiger partial charge in [0.25, 0.3) is 0 Å². The summed E-state index contributed by atoms with van der Waals surface area (Å²) in [5.74, 6) is 0. The molecule has 0 saturated carbocycles. The van der Waals surface area contributed by atoms with E-state index in [2.05, 4.69) is 5.32 Å². The van der Waals surface area contributed by atoms with Gasteiger partial charge in [0.05, 0.1) is 15.9 Å². The fourth-order valence-electron chi connectivity index (χ4n) is 2.98. The smallest absolute Gasteiger partial charge is 0.314 e. The Bertz CT molecular complexity index is 715. The maximum Gasteiger partial charge on any atom is 0.416 e. The summed E-state index contributed by atoms with van der Waals surface area (Å²) in [5, 5.41) is 3.34. The summed E-state index contributed by atoms with van der Waals surface area (Å²) in [6.45, 7) is 2.73. The van der Waals surface area contributed by atoms with Crippen molar-refractivity contribution < 1.29 is 13.2 Å². The second-order valence-corrected chi connectivity index (χ2v) is 7.68. The highest BCUT2D eigenvalue weighted by Gasteiger charge is 2.39. The van der Waals surface area contributed by atoms with Gasteiger partial charge in [-0.25, -0.2) is 0 Å². The van der Waals surface area contributed by atoms with E-state index in [9.17, 15) is 13.2 Å². The standard InChI is InChI=1S/C16H15Cl2F3N2S.ClH/c17-11-3-1-2-10(16(19,20)21)14(11)15(12-4-5-13(18)24-12)23-8-6-22-7-9-23;/h1-5,15,22H,6-9H2;1H/t15-;/m0./s1. The quantitative estimate of drug-likeness (QED) is 0.691. The molecule has 0 aliphatic carbocycles. The maximum absolute atomic E-state index is 13.6. The van der Waals surface area contributed by atoms with Gasteiger partial charge in [0, 0.05) is 41.6 Å². The van der Waals surface area contributed by atoms with Crippen LogP contribution in [0.2, 0.25) is 9.36 Å². The number of piperazine rings is 1. The number of hydrogen-bond donors (Lipinski definition) is 1. The summed E-state index contributed by atoms with van der Waals surface area (Å²) < 4.78 is 41.2. The van der Waals surface area contributed by atoms with E-state index in [1.165, 1.54) is 23.5 Å². The number of thiophene rings is 1. The Morgan fingerprint density at radius 3 is 2.32 bits per heavy atom. The van der Waals surface area contributed by atoms with Crippen LogP contribution < -0.4 is 5.32 Å². The van der Waals surface area contributed by atoms with Gasteiger partial charge in [0.1, 0.15) is 0 Å². The summed E-state index contributed by atoms with van der Waals surface area (Å²) >= 11 is 13.6. The molecule has 0 radical (unpaired) electrons. The van der Waals surface area contributed by atoms with Crippen LogP contribution in [0.5, 0.6) is 0 Å². The monoisotopic (exact) mass is 430 g/mol. The number of hydrogen-bond acceptors (Lipinski definition) is 3. The van der Waals surface area contributed by atoms with Gasteiger partial charge in [-0.1, -0.05) is 29.3 Å². The highest BCUT2D eigenvalue weighted by Crippen LogP contribution is 2.44. The molecule has 3 rings (SSSR count). The van der Waals surface area contributed by atoms with Crippen LogP contribution in [-0.2, 0) is 6.18 Å². The third-order valence-corrected chi connectivity index (χ3v) is 5.63. The van der Waals surface area contributed by atoms with E-state index in [-0.39, 0.29) is 23.0 Å². The second kappa shape index (κ2) is 8.46. The molecule has 1 fully saturated rings. The normalized spacial score (nSPS) is 17.2. The lowest BCUT2D eigenvalue weighted by molar-refractivity contribution is -0.138. The Kier molecular flexibility index (Phi) is 7.04. The zero-order valence-corrected chi connectivity index (χ0v) is 16.1. The van der Waals surface area contributed by atoms with Gasteiger partial charge in [0.2, 0.25) is 0 Å². The lowest BCUT2D eigenvalue weighted by Crippen LogP contribution is -2.45. The maximum atomic E-state index is 13.6. The number of benzene rings is 1. The highest BCUT2D eigenvalue weighted by atomic mass is 35.5. The topological polar surface area (TPSA) is 15.3 Å². The molecule has 0 spiro atoms. The molecule has 1 N–H and O–H groups in total. The van der Waals surface area contributed by atoms with Gasteiger partial charge in [0.15, 0.2) is 0 Å². The van der Waals surface area contributed by atoms with Crippen LogP contribution in [0.25, 0.3) is 0 Å². The molecule has 1 aromatic carbocycles. The predicted octanol–water partition coefficient (Wildman–Crippen LogP) is 5.49. The third kappa shape index (κ3) is 4.62. The second-order valence-electron chi connectivity index (χ2n) is 5.53. The van der Waals surface area contributed by atoms with Crippen molar-refractivity contribution in [2.24, 2.45) is 0 Å². The molecule has 138 valence electrons. The molecule has 1 aromatic heterocycles. The van der Waals surface area contributed by atoms with E-state index < -0.39 is 17.8 Å². The Hall–Kier alpha value is -0.500. The molecule has 1 atom stereocenters. The van der Waals surface area contributed by atoms with E-state index >= 15 is 0 Å². The van der Waals surface area contributed by atoms with Gasteiger partial charge < -0.3 is 5.32 Å². The van der Waals surface area contributed by atoms with Crippen LogP contribution in [0.3, 0.4) is 0 Å². The minimum Gasteiger partial charge on any atom is -0.314 e. The van der Waals surface area contributed by atoms with Gasteiger partial charge >= 0.3 is 6.18 Å². The van der Waals surface area contributed by atoms with Gasteiger partial charge in [-0.05, 0) is 24.3 Å². The molecule has 1 saturated heterocycles. The first-order valence-electron chi connectivity index (χ1n) is 7.43. The number of nitrogens with one attached hydrogen (secondary N) is 1. The Balaban J connectivity index is 0.00000225. The van der Waals surface area contributed by atoms with E-state index in [0.29, 0.717) is 17.4 Å². The minimum atomic E-state index is -4.46. The van der Waals surface area contributed by atoms with Gasteiger partial charge in [-0.3, -0.25) is 4.90 Å². The molecular weight excluding hydrogens is 416 g/mol. The molecule has 2 aromatic rings. The summed E-state index contributed by atoms with van der Waals surface area (Å²) in [7, 11) is 0. The summed E-state index contributed by atoms with van der Waals surface area (Å²) in [5.41, 5.74) is -0.588. The van der Waals surface area contributed by atoms with Crippen molar-refractivity contribution in [3.05, 3.63) is 55.7 Å². The third-order valence-electron chi connectivity index (χ3n) is 4.01. The van der Waals surface area contributed by atoms with Crippen molar-refractivity contribution in [1.82, 2.24) is 10.2 Å². The van der Waals surface area contributed by atoms with Crippen molar-refractivity contribution >= 4 is 46.9 Å². The van der Waals surface area contributed by atoms with Crippen molar-refractivity contribution in [3.8, 4) is 0 Å². The number of alkyl halides is 3. The summed E-state index contributed by atoms with van der Waals surface area (Å²) in [6.07, 6.45) is -4.46. The molecule has 25 heavy (non-hydrogen) atoms. The molecule has 1 aliphatic rings. The SMILES string of the molecule is Cl.FC(F)(F)c1cccc(Cl)c1[C@H](c1ccc(Cl)s1)N1CCNCC1. The van der Waals surface area contributed by atoms with Crippen LogP contribution in [-0.4, -0.2) is 31.1 Å². The highest BCUT2D eigenvalue weighted by molar-refractivity contribution is 7.16. The number of nitrogens with zero attached hydrogens (tertiary/aromatic N) is 1. The largest absolute Gasteiger partial charge is 0.416 e. The van der Waals surface area contributed by atoms with Crippen LogP contribution in [0.1, 0.15) is 22.0 Å². The zero-order valence-electron chi connectivity index (χ0n) is 12.9. The molecule has 2 nitrogen and oxygen atoms in total. The lowest BCUT2D eigenvalue weighted by Gasteiger charge is -2.36. The van der Waals surface area contributed by atoms with E-state index in [4.69, 9.17) is 23.2 Å². The summed E-state index contributed by atoms with van der Waals surface area (Å²) in [4.78, 5) is 2.79. The van der Waals surface area contributed by atoms with Crippen LogP contribution >= 0.6 is 46.9 Å². The predicted molar refractivity (Wildman–Crippen MR) is 99.3 cm³/mol. The van der Waals surface area contributed by atoms with E-state index in [0.717, 1.165) is 24.0 Å². The molecule has 0 unspecified atom stereocenters. The summed E-state index contributed by atoms with van der Waals surface area (Å²) in [6, 6.07) is 6.87. The Labute approximate surface area is 164 Å². The Morgan fingerprint density at radius 2 is 1.76 bits per heavy atom. The van der Waals surface area contributed by atoms with Crippen LogP contribution in [0.4, 0.5) is 13.2 Å². The molecular formula is C16H16Cl3F3N2S. The molecule has 0 amide bonds. The van der Waals surface area contributed by atoms with Crippen molar-refractivity contribution in [1.29, 1.82) is 0 Å². The molecule has 1 aliphatic heterocycles. The molecule has 2 heterocycles. The van der Waals surface area contributed by atoms with Crippen LogP contribution in [0, 0.1) is 0 Å². The van der Waals surface area contributed by atoms with E-state index in [1.807, 2.05) is 4.90 Å². The Morgan fingerprint density at radius 1 is 1.08 bits per heavy atom. The minimum absolute atomic E-state index is 0. The zero-order chi connectivity index (χ0) is 17.3. The first kappa shape index (κ1) is 20.8. The number of halogens is 6. The first-order chi connectivity index (χ1) is 11.4. The van der Waals surface area contributed by atoms with Crippen molar-refractivity contribution in [2.45, 2.75) is 12.2 Å². The van der Waals surface area contributed by atoms with Crippen LogP contribution in [0.15, 0.2) is 30.3 Å². The molecule has 0 bridgehead atoms. The fourth-order valence-corrected chi connectivity index (χ4v) is 4.47. The average Bonchev–Trinajstić information content (AvgIpc) is 2.95. The van der Waals surface area contributed by atoms with Crippen molar-refractivity contribution in [2.75, 3.05) is 26.2 Å². The molecule has 9 heteroatoms. The lowest BCUT2D eigenvalue weighted by atomic mass is 9.96. The first-order valence-corrected chi connectivity index (χ1v) is 9.01. The number of rotatable bonds is 3. The van der Waals surface area contributed by atoms with Gasteiger partial charge in [-0.2, -0.15) is 13.2 Å². The van der Waals surface area contributed by atoms with E-state index in [1.54, 1.807) is 12.1 Å². The van der Waals surface area contributed by atoms with Crippen molar-refractivity contribution in [3.63, 3.8) is 0 Å². The fraction of sp³-hybridized carbons (Fsp3) is 0.375.